The maximum absolute atomic E-state index is 13.2. The van der Waals surface area contributed by atoms with E-state index in [-0.39, 0.29) is 22.1 Å². The van der Waals surface area contributed by atoms with E-state index >= 15 is 0 Å². The first-order valence-corrected chi connectivity index (χ1v) is 9.68. The fourth-order valence-electron chi connectivity index (χ4n) is 6.15. The zero-order valence-electron chi connectivity index (χ0n) is 14.9. The van der Waals surface area contributed by atoms with E-state index in [1.165, 1.54) is 6.42 Å². The van der Waals surface area contributed by atoms with Crippen LogP contribution in [0.1, 0.15) is 44.1 Å². The second-order valence-electron chi connectivity index (χ2n) is 8.63. The van der Waals surface area contributed by atoms with Crippen LogP contribution in [0.4, 0.5) is 0 Å². The topological polar surface area (TPSA) is 77.6 Å². The molecule has 6 rings (SSSR count). The molecule has 2 unspecified atom stereocenters. The number of hydrogen-bond donors (Lipinski definition) is 1. The summed E-state index contributed by atoms with van der Waals surface area (Å²) in [6.07, 6.45) is 11.7. The Labute approximate surface area is 157 Å². The summed E-state index contributed by atoms with van der Waals surface area (Å²) in [7, 11) is 1.89. The highest BCUT2D eigenvalue weighted by Gasteiger charge is 2.61. The van der Waals surface area contributed by atoms with E-state index in [4.69, 9.17) is 11.6 Å². The molecule has 0 aliphatic heterocycles. The first-order valence-electron chi connectivity index (χ1n) is 9.30. The summed E-state index contributed by atoms with van der Waals surface area (Å²) in [6.45, 7) is 0.534. The molecule has 0 saturated heterocycles. The van der Waals surface area contributed by atoms with Gasteiger partial charge in [0.25, 0.3) is 0 Å². The highest BCUT2D eigenvalue weighted by atomic mass is 35.5. The van der Waals surface area contributed by atoms with Crippen LogP contribution in [-0.2, 0) is 23.9 Å². The molecule has 0 radical (unpaired) electrons. The molecule has 26 heavy (non-hydrogen) atoms. The lowest BCUT2D eigenvalue weighted by atomic mass is 9.46. The van der Waals surface area contributed by atoms with Crippen LogP contribution in [0.2, 0.25) is 5.28 Å². The zero-order chi connectivity index (χ0) is 17.9. The quantitative estimate of drug-likeness (QED) is 0.890. The summed E-state index contributed by atoms with van der Waals surface area (Å²) in [5, 5.41) is 12.1. The van der Waals surface area contributed by atoms with E-state index in [1.54, 1.807) is 17.2 Å². The Morgan fingerprint density at radius 3 is 2.73 bits per heavy atom. The van der Waals surface area contributed by atoms with E-state index < -0.39 is 0 Å². The molecular weight excluding hydrogens is 352 g/mol. The van der Waals surface area contributed by atoms with Crippen LogP contribution in [0.5, 0.6) is 0 Å². The molecule has 8 heteroatoms. The maximum Gasteiger partial charge on any atom is 0.242 e. The molecule has 2 heterocycles. The second kappa shape index (κ2) is 5.55. The van der Waals surface area contributed by atoms with Gasteiger partial charge < -0.3 is 5.32 Å². The van der Waals surface area contributed by atoms with Crippen molar-refractivity contribution in [2.24, 2.45) is 24.3 Å². The van der Waals surface area contributed by atoms with Crippen molar-refractivity contribution in [2.45, 2.75) is 50.6 Å². The van der Waals surface area contributed by atoms with E-state index in [0.29, 0.717) is 18.4 Å². The van der Waals surface area contributed by atoms with Gasteiger partial charge in [-0.3, -0.25) is 9.48 Å². The van der Waals surface area contributed by atoms with Crippen LogP contribution in [0.15, 0.2) is 18.7 Å². The number of halogens is 1. The van der Waals surface area contributed by atoms with Crippen LogP contribution in [0.3, 0.4) is 0 Å². The van der Waals surface area contributed by atoms with Gasteiger partial charge in [-0.15, -0.1) is 5.10 Å². The molecule has 1 amide bonds. The number of nitrogens with one attached hydrogen (secondary N) is 1. The molecule has 0 aromatic carbocycles. The molecule has 4 aliphatic rings. The van der Waals surface area contributed by atoms with Crippen molar-refractivity contribution in [3.05, 3.63) is 29.6 Å². The Morgan fingerprint density at radius 1 is 1.35 bits per heavy atom. The van der Waals surface area contributed by atoms with E-state index in [1.807, 2.05) is 17.9 Å². The predicted octanol–water partition coefficient (Wildman–Crippen LogP) is 2.28. The molecule has 138 valence electrons. The molecular formula is C18H23ClN6O. The fourth-order valence-corrected chi connectivity index (χ4v) is 6.28. The van der Waals surface area contributed by atoms with Crippen molar-refractivity contribution in [3.8, 4) is 0 Å². The van der Waals surface area contributed by atoms with Gasteiger partial charge in [0.2, 0.25) is 11.2 Å². The fraction of sp³-hybridized carbons (Fsp3) is 0.667. The highest BCUT2D eigenvalue weighted by Crippen LogP contribution is 2.64. The second-order valence-corrected chi connectivity index (χ2v) is 8.97. The minimum atomic E-state index is -0.287. The monoisotopic (exact) mass is 374 g/mol. The summed E-state index contributed by atoms with van der Waals surface area (Å²) >= 11 is 5.99. The largest absolute Gasteiger partial charge is 0.351 e. The summed E-state index contributed by atoms with van der Waals surface area (Å²) in [6, 6.07) is 0. The number of rotatable bonds is 4. The number of aromatic nitrogens is 5. The third-order valence-corrected chi connectivity index (χ3v) is 6.85. The highest BCUT2D eigenvalue weighted by molar-refractivity contribution is 6.28. The minimum absolute atomic E-state index is 0.101. The van der Waals surface area contributed by atoms with Crippen LogP contribution in [-0.4, -0.2) is 30.5 Å². The van der Waals surface area contributed by atoms with Crippen LogP contribution in [0.25, 0.3) is 0 Å². The van der Waals surface area contributed by atoms with Gasteiger partial charge in [0.15, 0.2) is 0 Å². The molecule has 2 aromatic rings. The molecule has 4 aliphatic carbocycles. The molecule has 2 atom stereocenters. The van der Waals surface area contributed by atoms with Gasteiger partial charge in [0.05, 0.1) is 17.2 Å². The summed E-state index contributed by atoms with van der Waals surface area (Å²) in [5.41, 5.74) is 0.643. The van der Waals surface area contributed by atoms with Gasteiger partial charge in [0.1, 0.15) is 6.33 Å². The lowest BCUT2D eigenvalue weighted by Crippen LogP contribution is -2.61. The maximum atomic E-state index is 13.2. The van der Waals surface area contributed by atoms with Gasteiger partial charge >= 0.3 is 0 Å². The third-order valence-electron chi connectivity index (χ3n) is 6.67. The van der Waals surface area contributed by atoms with Crippen molar-refractivity contribution in [1.29, 1.82) is 0 Å². The van der Waals surface area contributed by atoms with Crippen LogP contribution < -0.4 is 5.32 Å². The lowest BCUT2D eigenvalue weighted by Gasteiger charge is -2.60. The standard InChI is InChI=1S/C18H23ClN6O/c1-24-9-14(8-22-24)7-20-15(26)17-3-12-2-13(4-17)6-18(5-12,10-17)25-11-21-16(19)23-25/h8-9,11-13H,2-7,10H2,1H3,(H,20,26). The van der Waals surface area contributed by atoms with Crippen molar-refractivity contribution < 1.29 is 4.79 Å². The number of amides is 1. The smallest absolute Gasteiger partial charge is 0.242 e. The van der Waals surface area contributed by atoms with Crippen molar-refractivity contribution in [3.63, 3.8) is 0 Å². The average Bonchev–Trinajstić information content (AvgIpc) is 3.20. The predicted molar refractivity (Wildman–Crippen MR) is 95.2 cm³/mol. The first kappa shape index (κ1) is 16.3. The Kier molecular flexibility index (Phi) is 3.48. The third kappa shape index (κ3) is 2.47. The van der Waals surface area contributed by atoms with Gasteiger partial charge in [0, 0.05) is 25.4 Å². The summed E-state index contributed by atoms with van der Waals surface area (Å²) in [4.78, 5) is 17.4. The Morgan fingerprint density at radius 2 is 2.12 bits per heavy atom. The Balaban J connectivity index is 1.40. The van der Waals surface area contributed by atoms with Gasteiger partial charge in [-0.25, -0.2) is 9.67 Å². The number of carbonyl (C=O) groups is 1. The number of nitrogens with zero attached hydrogens (tertiary/aromatic N) is 5. The number of hydrogen-bond acceptors (Lipinski definition) is 4. The summed E-state index contributed by atoms with van der Waals surface area (Å²) < 4.78 is 3.71. The summed E-state index contributed by atoms with van der Waals surface area (Å²) in [5.74, 6) is 1.36. The van der Waals surface area contributed by atoms with Gasteiger partial charge in [-0.05, 0) is 62.0 Å². The zero-order valence-corrected chi connectivity index (χ0v) is 15.6. The molecule has 4 bridgehead atoms. The number of aryl methyl sites for hydroxylation is 1. The SMILES string of the molecule is Cn1cc(CNC(=O)C23CC4CC(C2)CC(n2cnc(Cl)n2)(C4)C3)cn1. The van der Waals surface area contributed by atoms with Crippen molar-refractivity contribution in [2.75, 3.05) is 0 Å². The van der Waals surface area contributed by atoms with Crippen LogP contribution >= 0.6 is 11.6 Å². The lowest BCUT2D eigenvalue weighted by molar-refractivity contribution is -0.156. The van der Waals surface area contributed by atoms with Crippen molar-refractivity contribution in [1.82, 2.24) is 29.9 Å². The minimum Gasteiger partial charge on any atom is -0.351 e. The molecule has 7 nitrogen and oxygen atoms in total. The van der Waals surface area contributed by atoms with Crippen molar-refractivity contribution >= 4 is 17.5 Å². The van der Waals surface area contributed by atoms with Gasteiger partial charge in [-0.1, -0.05) is 0 Å². The Hall–Kier alpha value is -1.89. The number of carbonyl (C=O) groups excluding carboxylic acids is 1. The van der Waals surface area contributed by atoms with Crippen LogP contribution in [0, 0.1) is 17.3 Å². The molecule has 4 fully saturated rings. The Bertz CT molecular complexity index is 843. The molecule has 4 saturated carbocycles. The van der Waals surface area contributed by atoms with Gasteiger partial charge in [-0.2, -0.15) is 5.10 Å². The normalized spacial score (nSPS) is 35.0. The van der Waals surface area contributed by atoms with E-state index in [0.717, 1.165) is 37.7 Å². The van der Waals surface area contributed by atoms with E-state index in [2.05, 4.69) is 20.5 Å². The average molecular weight is 375 g/mol. The molecule has 1 N–H and O–H groups in total. The first-order chi connectivity index (χ1) is 12.5. The molecule has 2 aromatic heterocycles. The molecule has 0 spiro atoms. The van der Waals surface area contributed by atoms with E-state index in [9.17, 15) is 4.79 Å².